The molecule has 0 radical (unpaired) electrons. The van der Waals surface area contributed by atoms with Crippen molar-refractivity contribution in [1.82, 2.24) is 0 Å². The fraction of sp³-hybridized carbons (Fsp3) is 0.278. The lowest BCUT2D eigenvalue weighted by atomic mass is 10.1. The molecule has 4 nitrogen and oxygen atoms in total. The monoisotopic (exact) mass is 334 g/mol. The summed E-state index contributed by atoms with van der Waals surface area (Å²) < 4.78 is 5.69. The number of ether oxygens (including phenoxy) is 1. The van der Waals surface area contributed by atoms with Gasteiger partial charge in [-0.2, -0.15) is 0 Å². The number of hydrogen-bond acceptors (Lipinski definition) is 3. The van der Waals surface area contributed by atoms with E-state index in [9.17, 15) is 4.79 Å². The molecule has 0 aromatic heterocycles. The Labute approximate surface area is 143 Å². The number of nitrogens with one attached hydrogen (secondary N) is 1. The second kappa shape index (κ2) is 9.06. The fourth-order valence-corrected chi connectivity index (χ4v) is 1.96. The third-order valence-electron chi connectivity index (χ3n) is 3.20. The number of halogens is 1. The number of carbonyl (C=O) groups is 1. The van der Waals surface area contributed by atoms with Gasteiger partial charge in [0.15, 0.2) is 0 Å². The molecule has 3 N–H and O–H groups in total. The van der Waals surface area contributed by atoms with Crippen LogP contribution in [-0.4, -0.2) is 12.5 Å². The maximum atomic E-state index is 12.2. The molecule has 2 aromatic carbocycles. The Morgan fingerprint density at radius 1 is 1.17 bits per heavy atom. The number of nitrogen functional groups attached to an aromatic ring is 1. The third kappa shape index (κ3) is 6.20. The van der Waals surface area contributed by atoms with Gasteiger partial charge < -0.3 is 15.8 Å². The molecular formula is C18H23ClN2O2. The van der Waals surface area contributed by atoms with Gasteiger partial charge in [0.2, 0.25) is 0 Å². The number of amides is 1. The van der Waals surface area contributed by atoms with Gasteiger partial charge in [-0.05, 0) is 42.7 Å². The lowest BCUT2D eigenvalue weighted by Gasteiger charge is -2.10. The number of rotatable bonds is 6. The molecule has 0 aliphatic rings. The van der Waals surface area contributed by atoms with E-state index in [1.165, 1.54) is 0 Å². The van der Waals surface area contributed by atoms with E-state index in [0.717, 1.165) is 12.2 Å². The Bertz CT molecular complexity index is 644. The van der Waals surface area contributed by atoms with Gasteiger partial charge in [0.05, 0.1) is 6.61 Å². The summed E-state index contributed by atoms with van der Waals surface area (Å²) in [7, 11) is 0. The largest absolute Gasteiger partial charge is 0.494 e. The summed E-state index contributed by atoms with van der Waals surface area (Å²) in [5, 5.41) is 2.85. The molecule has 0 bridgehead atoms. The van der Waals surface area contributed by atoms with Crippen LogP contribution >= 0.6 is 12.4 Å². The van der Waals surface area contributed by atoms with Crippen LogP contribution in [0.5, 0.6) is 5.75 Å². The number of hydrogen-bond donors (Lipinski definition) is 2. The standard InChI is InChI=1S/C18H22N2O2.ClH/c1-13(2)9-10-22-17-8-4-7-16(12-17)20-18(21)14-5-3-6-15(19)11-14;/h3-8,11-13H,9-10,19H2,1-2H3,(H,20,21);1H. The van der Waals surface area contributed by atoms with Crippen molar-refractivity contribution in [3.63, 3.8) is 0 Å². The number of carbonyl (C=O) groups excluding carboxylic acids is 1. The van der Waals surface area contributed by atoms with E-state index in [0.29, 0.717) is 29.5 Å². The fourth-order valence-electron chi connectivity index (χ4n) is 1.96. The van der Waals surface area contributed by atoms with Crippen LogP contribution < -0.4 is 15.8 Å². The average Bonchev–Trinajstić information content (AvgIpc) is 2.47. The third-order valence-corrected chi connectivity index (χ3v) is 3.20. The topological polar surface area (TPSA) is 64.3 Å². The molecule has 5 heteroatoms. The van der Waals surface area contributed by atoms with Crippen molar-refractivity contribution in [3.05, 3.63) is 54.1 Å². The highest BCUT2D eigenvalue weighted by molar-refractivity contribution is 6.04. The second-order valence-electron chi connectivity index (χ2n) is 5.64. The Kier molecular flexibility index (Phi) is 7.42. The summed E-state index contributed by atoms with van der Waals surface area (Å²) in [4.78, 5) is 12.2. The first-order valence-corrected chi connectivity index (χ1v) is 7.44. The zero-order chi connectivity index (χ0) is 15.9. The van der Waals surface area contributed by atoms with E-state index >= 15 is 0 Å². The molecule has 2 rings (SSSR count). The van der Waals surface area contributed by atoms with Crippen molar-refractivity contribution >= 4 is 29.7 Å². The Morgan fingerprint density at radius 3 is 2.61 bits per heavy atom. The Morgan fingerprint density at radius 2 is 1.91 bits per heavy atom. The van der Waals surface area contributed by atoms with Gasteiger partial charge in [-0.15, -0.1) is 12.4 Å². The van der Waals surface area contributed by atoms with Gasteiger partial charge in [0, 0.05) is 23.0 Å². The average molecular weight is 335 g/mol. The van der Waals surface area contributed by atoms with Gasteiger partial charge in [-0.3, -0.25) is 4.79 Å². The molecule has 0 heterocycles. The second-order valence-corrected chi connectivity index (χ2v) is 5.64. The van der Waals surface area contributed by atoms with Gasteiger partial charge in [-0.1, -0.05) is 26.0 Å². The number of benzene rings is 2. The molecule has 1 amide bonds. The Balaban J connectivity index is 0.00000264. The van der Waals surface area contributed by atoms with Crippen LogP contribution in [0.1, 0.15) is 30.6 Å². The molecule has 23 heavy (non-hydrogen) atoms. The van der Waals surface area contributed by atoms with Gasteiger partial charge in [0.1, 0.15) is 5.75 Å². The van der Waals surface area contributed by atoms with E-state index in [1.807, 2.05) is 24.3 Å². The molecular weight excluding hydrogens is 312 g/mol. The molecule has 0 aliphatic carbocycles. The van der Waals surface area contributed by atoms with E-state index in [1.54, 1.807) is 24.3 Å². The van der Waals surface area contributed by atoms with Crippen molar-refractivity contribution in [3.8, 4) is 5.75 Å². The zero-order valence-electron chi connectivity index (χ0n) is 13.4. The highest BCUT2D eigenvalue weighted by Crippen LogP contribution is 2.19. The van der Waals surface area contributed by atoms with Crippen molar-refractivity contribution < 1.29 is 9.53 Å². The maximum absolute atomic E-state index is 12.2. The van der Waals surface area contributed by atoms with Crippen LogP contribution in [0.4, 0.5) is 11.4 Å². The minimum Gasteiger partial charge on any atom is -0.494 e. The van der Waals surface area contributed by atoms with Gasteiger partial charge >= 0.3 is 0 Å². The lowest BCUT2D eigenvalue weighted by Crippen LogP contribution is -2.12. The maximum Gasteiger partial charge on any atom is 0.255 e. The van der Waals surface area contributed by atoms with Crippen LogP contribution in [0.15, 0.2) is 48.5 Å². The molecule has 0 atom stereocenters. The predicted molar refractivity (Wildman–Crippen MR) is 97.4 cm³/mol. The van der Waals surface area contributed by atoms with Gasteiger partial charge in [-0.25, -0.2) is 0 Å². The minimum atomic E-state index is -0.188. The first-order chi connectivity index (χ1) is 10.5. The van der Waals surface area contributed by atoms with Crippen LogP contribution in [-0.2, 0) is 0 Å². The highest BCUT2D eigenvalue weighted by Gasteiger charge is 2.07. The smallest absolute Gasteiger partial charge is 0.255 e. The van der Waals surface area contributed by atoms with Crippen LogP contribution in [0.3, 0.4) is 0 Å². The Hall–Kier alpha value is -2.20. The lowest BCUT2D eigenvalue weighted by molar-refractivity contribution is 0.102. The van der Waals surface area contributed by atoms with E-state index in [-0.39, 0.29) is 18.3 Å². The molecule has 0 saturated carbocycles. The summed E-state index contributed by atoms with van der Waals surface area (Å²) in [5.41, 5.74) is 7.50. The van der Waals surface area contributed by atoms with Crippen molar-refractivity contribution in [2.24, 2.45) is 5.92 Å². The molecule has 0 spiro atoms. The molecule has 0 fully saturated rings. The highest BCUT2D eigenvalue weighted by atomic mass is 35.5. The SMILES string of the molecule is CC(C)CCOc1cccc(NC(=O)c2cccc(N)c2)c1.Cl. The first kappa shape index (κ1) is 18.8. The first-order valence-electron chi connectivity index (χ1n) is 7.44. The summed E-state index contributed by atoms with van der Waals surface area (Å²) in [6, 6.07) is 14.3. The summed E-state index contributed by atoms with van der Waals surface area (Å²) >= 11 is 0. The normalized spacial score (nSPS) is 10.0. The predicted octanol–water partition coefficient (Wildman–Crippen LogP) is 4.37. The number of nitrogens with two attached hydrogens (primary N) is 1. The summed E-state index contributed by atoms with van der Waals surface area (Å²) in [5.74, 6) is 1.17. The summed E-state index contributed by atoms with van der Waals surface area (Å²) in [6.45, 7) is 4.99. The van der Waals surface area contributed by atoms with E-state index < -0.39 is 0 Å². The van der Waals surface area contributed by atoms with Crippen molar-refractivity contribution in [1.29, 1.82) is 0 Å². The molecule has 2 aromatic rings. The van der Waals surface area contributed by atoms with E-state index in [4.69, 9.17) is 10.5 Å². The van der Waals surface area contributed by atoms with Crippen molar-refractivity contribution in [2.75, 3.05) is 17.7 Å². The van der Waals surface area contributed by atoms with Gasteiger partial charge in [0.25, 0.3) is 5.91 Å². The van der Waals surface area contributed by atoms with Crippen LogP contribution in [0, 0.1) is 5.92 Å². The quantitative estimate of drug-likeness (QED) is 0.771. The molecule has 0 aliphatic heterocycles. The van der Waals surface area contributed by atoms with Crippen molar-refractivity contribution in [2.45, 2.75) is 20.3 Å². The van der Waals surface area contributed by atoms with E-state index in [2.05, 4.69) is 19.2 Å². The summed E-state index contributed by atoms with van der Waals surface area (Å²) in [6.07, 6.45) is 1.000. The minimum absolute atomic E-state index is 0. The zero-order valence-corrected chi connectivity index (χ0v) is 14.2. The van der Waals surface area contributed by atoms with Crippen LogP contribution in [0.2, 0.25) is 0 Å². The molecule has 0 saturated heterocycles. The molecule has 124 valence electrons. The number of anilines is 2. The van der Waals surface area contributed by atoms with Crippen LogP contribution in [0.25, 0.3) is 0 Å². The molecule has 0 unspecified atom stereocenters.